The summed E-state index contributed by atoms with van der Waals surface area (Å²) in [6.07, 6.45) is -6.20. The molecule has 1 aliphatic heterocycles. The van der Waals surface area contributed by atoms with Gasteiger partial charge in [0, 0.05) is 18.3 Å². The van der Waals surface area contributed by atoms with E-state index < -0.39 is 63.7 Å². The van der Waals surface area contributed by atoms with Crippen molar-refractivity contribution in [3.05, 3.63) is 63.7 Å². The lowest BCUT2D eigenvalue weighted by Crippen LogP contribution is -2.44. The number of anilines is 2. The Kier molecular flexibility index (Phi) is 5.75. The number of rotatable bonds is 3. The molecule has 3 aromatic heterocycles. The van der Waals surface area contributed by atoms with E-state index in [1.807, 2.05) is 0 Å². The van der Waals surface area contributed by atoms with Gasteiger partial charge < -0.3 is 4.90 Å². The van der Waals surface area contributed by atoms with E-state index >= 15 is 0 Å². The third-order valence-electron chi connectivity index (χ3n) is 5.41. The van der Waals surface area contributed by atoms with Crippen molar-refractivity contribution in [1.82, 2.24) is 14.4 Å². The third kappa shape index (κ3) is 3.83. The minimum atomic E-state index is -4.96. The first-order valence-corrected chi connectivity index (χ1v) is 10.3. The Morgan fingerprint density at radius 3 is 2.39 bits per heavy atom. The topological polar surface area (TPSA) is 94.6 Å². The number of halogens is 6. The molecule has 0 radical (unpaired) electrons. The van der Waals surface area contributed by atoms with Crippen molar-refractivity contribution in [2.75, 3.05) is 9.80 Å². The Hall–Kier alpha value is -4.06. The van der Waals surface area contributed by atoms with Gasteiger partial charge in [0.25, 0.3) is 17.9 Å². The summed E-state index contributed by atoms with van der Waals surface area (Å²) >= 11 is 5.34. The van der Waals surface area contributed by atoms with Crippen LogP contribution in [0.1, 0.15) is 37.2 Å². The van der Waals surface area contributed by atoms with Gasteiger partial charge in [-0.2, -0.15) is 18.4 Å². The van der Waals surface area contributed by atoms with Crippen molar-refractivity contribution in [3.63, 3.8) is 0 Å². The monoisotopic (exact) mass is 526 g/mol. The summed E-state index contributed by atoms with van der Waals surface area (Å²) in [7, 11) is 0. The maximum Gasteiger partial charge on any atom is 0.419 e. The van der Waals surface area contributed by atoms with Gasteiger partial charge in [0.05, 0.1) is 23.1 Å². The molecule has 0 aliphatic carbocycles. The highest BCUT2D eigenvalue weighted by atomic mass is 32.1. The van der Waals surface area contributed by atoms with E-state index in [4.69, 9.17) is 17.5 Å². The zero-order valence-corrected chi connectivity index (χ0v) is 19.0. The number of carbonyl (C=O) groups is 1. The fraction of sp³-hybridized carbons (Fsp3) is 0.238. The molecule has 15 heteroatoms. The maximum atomic E-state index is 14.9. The number of fused-ring (bicyclic) bond motifs is 1. The molecule has 1 fully saturated rings. The Morgan fingerprint density at radius 2 is 1.81 bits per heavy atom. The SMILES string of the molecule is CC1(C)C(=O)N(c2cnc(C#N)c(C(F)(F)F)c2)C(=S)N1c1cc(F)c2nc(C(F)F)cc(=O)n2c1. The van der Waals surface area contributed by atoms with Gasteiger partial charge in [0.15, 0.2) is 22.3 Å². The number of nitriles is 1. The number of thiocarbonyl (C=S) groups is 1. The van der Waals surface area contributed by atoms with Gasteiger partial charge in [-0.15, -0.1) is 0 Å². The number of pyridine rings is 2. The first kappa shape index (κ1) is 25.0. The first-order valence-electron chi connectivity index (χ1n) is 9.85. The minimum absolute atomic E-state index is 0.169. The van der Waals surface area contributed by atoms with Gasteiger partial charge in [-0.05, 0) is 32.1 Å². The fourth-order valence-corrected chi connectivity index (χ4v) is 4.26. The van der Waals surface area contributed by atoms with Crippen LogP contribution in [0.2, 0.25) is 0 Å². The second-order valence-electron chi connectivity index (χ2n) is 8.08. The van der Waals surface area contributed by atoms with Gasteiger partial charge >= 0.3 is 6.18 Å². The molecule has 0 atom stereocenters. The van der Waals surface area contributed by atoms with E-state index in [2.05, 4.69) is 9.97 Å². The molecule has 4 rings (SSSR count). The molecule has 4 heterocycles. The van der Waals surface area contributed by atoms with E-state index in [0.29, 0.717) is 16.5 Å². The van der Waals surface area contributed by atoms with Gasteiger partial charge in [0.1, 0.15) is 17.3 Å². The summed E-state index contributed by atoms with van der Waals surface area (Å²) in [5.41, 5.74) is -7.12. The number of hydrogen-bond donors (Lipinski definition) is 0. The molecule has 36 heavy (non-hydrogen) atoms. The van der Waals surface area contributed by atoms with E-state index in [1.54, 1.807) is 0 Å². The molecule has 0 unspecified atom stereocenters. The Labute approximate surface area is 203 Å². The molecule has 0 N–H and O–H groups in total. The number of carbonyl (C=O) groups excluding carboxylic acids is 1. The van der Waals surface area contributed by atoms with E-state index in [1.165, 1.54) is 19.9 Å². The van der Waals surface area contributed by atoms with Crippen LogP contribution in [0.3, 0.4) is 0 Å². The quantitative estimate of drug-likeness (QED) is 0.377. The average Bonchev–Trinajstić information content (AvgIpc) is 2.96. The Balaban J connectivity index is 1.86. The molecule has 0 bridgehead atoms. The van der Waals surface area contributed by atoms with Crippen LogP contribution >= 0.6 is 12.2 Å². The van der Waals surface area contributed by atoms with Crippen LogP contribution in [-0.2, 0) is 11.0 Å². The summed E-state index contributed by atoms with van der Waals surface area (Å²) in [4.78, 5) is 34.4. The van der Waals surface area contributed by atoms with Crippen LogP contribution in [0.4, 0.5) is 37.7 Å². The predicted molar refractivity (Wildman–Crippen MR) is 117 cm³/mol. The molecular formula is C21H12F6N6O2S. The molecule has 186 valence electrons. The van der Waals surface area contributed by atoms with Crippen LogP contribution in [0.5, 0.6) is 0 Å². The zero-order valence-electron chi connectivity index (χ0n) is 18.1. The number of nitrogens with zero attached hydrogens (tertiary/aromatic N) is 6. The summed E-state index contributed by atoms with van der Waals surface area (Å²) < 4.78 is 81.8. The Morgan fingerprint density at radius 1 is 1.14 bits per heavy atom. The van der Waals surface area contributed by atoms with Gasteiger partial charge in [-0.1, -0.05) is 0 Å². The van der Waals surface area contributed by atoms with E-state index in [0.717, 1.165) is 28.3 Å². The fourth-order valence-electron chi connectivity index (χ4n) is 3.74. The van der Waals surface area contributed by atoms with Gasteiger partial charge in [-0.3, -0.25) is 18.9 Å². The molecule has 3 aromatic rings. The van der Waals surface area contributed by atoms with Crippen LogP contribution in [-0.4, -0.2) is 30.9 Å². The zero-order chi connectivity index (χ0) is 26.7. The lowest BCUT2D eigenvalue weighted by molar-refractivity contribution is -0.138. The molecular weight excluding hydrogens is 514 g/mol. The lowest BCUT2D eigenvalue weighted by atomic mass is 10.0. The second-order valence-corrected chi connectivity index (χ2v) is 8.44. The standard InChI is InChI=1S/C21H12F6N6O2S/c1-20(2)18(35)32(9-3-11(21(25,26)27)14(6-28)29-7-9)19(36)33(20)10-4-12(22)17-30-13(16(23)24)5-15(34)31(17)8-10/h3-5,7-8,16H,1-2H3. The van der Waals surface area contributed by atoms with Crippen molar-refractivity contribution in [3.8, 4) is 6.07 Å². The van der Waals surface area contributed by atoms with E-state index in [-0.39, 0.29) is 10.8 Å². The highest BCUT2D eigenvalue weighted by Crippen LogP contribution is 2.39. The number of aromatic nitrogens is 3. The summed E-state index contributed by atoms with van der Waals surface area (Å²) in [6, 6.07) is 3.19. The predicted octanol–water partition coefficient (Wildman–Crippen LogP) is 3.97. The highest BCUT2D eigenvalue weighted by molar-refractivity contribution is 7.81. The molecule has 0 spiro atoms. The van der Waals surface area contributed by atoms with Crippen LogP contribution in [0, 0.1) is 17.1 Å². The molecule has 8 nitrogen and oxygen atoms in total. The van der Waals surface area contributed by atoms with Crippen molar-refractivity contribution >= 4 is 40.3 Å². The van der Waals surface area contributed by atoms with Crippen molar-refractivity contribution in [1.29, 1.82) is 5.26 Å². The summed E-state index contributed by atoms with van der Waals surface area (Å²) in [5.74, 6) is -2.00. The average molecular weight is 526 g/mol. The summed E-state index contributed by atoms with van der Waals surface area (Å²) in [6.45, 7) is 2.71. The van der Waals surface area contributed by atoms with Gasteiger partial charge in [0.2, 0.25) is 0 Å². The van der Waals surface area contributed by atoms with Crippen LogP contribution < -0.4 is 15.4 Å². The molecule has 1 aliphatic rings. The van der Waals surface area contributed by atoms with Crippen LogP contribution in [0.15, 0.2) is 35.4 Å². The lowest BCUT2D eigenvalue weighted by Gasteiger charge is -2.29. The largest absolute Gasteiger partial charge is 0.419 e. The first-order chi connectivity index (χ1) is 16.7. The van der Waals surface area contributed by atoms with Gasteiger partial charge in [-0.25, -0.2) is 23.1 Å². The van der Waals surface area contributed by atoms with Crippen molar-refractivity contribution in [2.24, 2.45) is 0 Å². The van der Waals surface area contributed by atoms with Crippen LogP contribution in [0.25, 0.3) is 5.65 Å². The molecule has 1 saturated heterocycles. The highest BCUT2D eigenvalue weighted by Gasteiger charge is 2.51. The summed E-state index contributed by atoms with van der Waals surface area (Å²) in [5, 5.41) is 8.58. The Bertz CT molecular complexity index is 1540. The second kappa shape index (κ2) is 8.26. The van der Waals surface area contributed by atoms with Crippen molar-refractivity contribution in [2.45, 2.75) is 32.0 Å². The minimum Gasteiger partial charge on any atom is -0.302 e. The number of alkyl halides is 5. The smallest absolute Gasteiger partial charge is 0.302 e. The number of hydrogen-bond acceptors (Lipinski definition) is 6. The maximum absolute atomic E-state index is 14.9. The van der Waals surface area contributed by atoms with Crippen molar-refractivity contribution < 1.29 is 31.1 Å². The third-order valence-corrected chi connectivity index (χ3v) is 5.78. The molecule has 1 amide bonds. The van der Waals surface area contributed by atoms with E-state index in [9.17, 15) is 35.9 Å². The molecule has 0 saturated carbocycles. The normalized spacial score (nSPS) is 15.8. The number of amides is 1. The molecule has 0 aromatic carbocycles.